The number of hydrogen-bond donors (Lipinski definition) is 1. The van der Waals surface area contributed by atoms with Crippen LogP contribution in [0.3, 0.4) is 0 Å². The highest BCUT2D eigenvalue weighted by atomic mass is 32.2. The van der Waals surface area contributed by atoms with E-state index in [0.717, 1.165) is 28.1 Å². The molecule has 1 atom stereocenters. The van der Waals surface area contributed by atoms with Gasteiger partial charge in [-0.05, 0) is 19.4 Å². The van der Waals surface area contributed by atoms with Crippen LogP contribution >= 0.6 is 11.8 Å². The van der Waals surface area contributed by atoms with Crippen LogP contribution in [-0.4, -0.2) is 21.8 Å². The molecule has 0 amide bonds. The molecule has 1 unspecified atom stereocenters. The maximum Gasteiger partial charge on any atom is 0.117 e. The average molecular weight is 233 g/mol. The van der Waals surface area contributed by atoms with Gasteiger partial charge in [0.15, 0.2) is 0 Å². The standard InChI is InChI=1S/C12H15N3S/c1-9(13)6-7-16-12-10-4-2-3-5-11(10)14-8-15-12/h2-5,8-9H,6-7,13H2,1H3. The van der Waals surface area contributed by atoms with Crippen LogP contribution in [0.4, 0.5) is 0 Å². The van der Waals surface area contributed by atoms with Crippen LogP contribution in [0.1, 0.15) is 13.3 Å². The molecule has 3 nitrogen and oxygen atoms in total. The van der Waals surface area contributed by atoms with Gasteiger partial charge in [0.25, 0.3) is 0 Å². The first kappa shape index (κ1) is 11.4. The second-order valence-electron chi connectivity index (χ2n) is 3.81. The van der Waals surface area contributed by atoms with Crippen LogP contribution < -0.4 is 5.73 Å². The predicted octanol–water partition coefficient (Wildman–Crippen LogP) is 2.46. The van der Waals surface area contributed by atoms with Crippen LogP contribution in [-0.2, 0) is 0 Å². The van der Waals surface area contributed by atoms with E-state index in [-0.39, 0.29) is 6.04 Å². The molecule has 1 heterocycles. The first-order valence-corrected chi connectivity index (χ1v) is 6.34. The Hall–Kier alpha value is -1.13. The minimum Gasteiger partial charge on any atom is -0.328 e. The molecule has 2 rings (SSSR count). The monoisotopic (exact) mass is 233 g/mol. The average Bonchev–Trinajstić information content (AvgIpc) is 2.29. The van der Waals surface area contributed by atoms with Gasteiger partial charge in [-0.1, -0.05) is 18.2 Å². The van der Waals surface area contributed by atoms with E-state index >= 15 is 0 Å². The van der Waals surface area contributed by atoms with Crippen molar-refractivity contribution in [2.75, 3.05) is 5.75 Å². The number of benzene rings is 1. The summed E-state index contributed by atoms with van der Waals surface area (Å²) >= 11 is 1.75. The molecule has 1 aromatic carbocycles. The number of thioether (sulfide) groups is 1. The highest BCUT2D eigenvalue weighted by molar-refractivity contribution is 7.99. The third kappa shape index (κ3) is 2.71. The molecule has 4 heteroatoms. The third-order valence-electron chi connectivity index (χ3n) is 2.32. The zero-order valence-electron chi connectivity index (χ0n) is 9.26. The van der Waals surface area contributed by atoms with Crippen molar-refractivity contribution in [3.63, 3.8) is 0 Å². The fraction of sp³-hybridized carbons (Fsp3) is 0.333. The predicted molar refractivity (Wildman–Crippen MR) is 68.5 cm³/mol. The van der Waals surface area contributed by atoms with E-state index < -0.39 is 0 Å². The lowest BCUT2D eigenvalue weighted by Crippen LogP contribution is -2.15. The summed E-state index contributed by atoms with van der Waals surface area (Å²) in [6.45, 7) is 2.03. The largest absolute Gasteiger partial charge is 0.328 e. The summed E-state index contributed by atoms with van der Waals surface area (Å²) in [5.41, 5.74) is 6.72. The topological polar surface area (TPSA) is 51.8 Å². The van der Waals surface area contributed by atoms with Crippen LogP contribution in [0.5, 0.6) is 0 Å². The van der Waals surface area contributed by atoms with Crippen LogP contribution in [0.2, 0.25) is 0 Å². The Bertz CT molecular complexity index is 465. The fourth-order valence-corrected chi connectivity index (χ4v) is 2.57. The van der Waals surface area contributed by atoms with Crippen molar-refractivity contribution in [3.05, 3.63) is 30.6 Å². The lowest BCUT2D eigenvalue weighted by atomic mass is 10.2. The molecule has 0 aliphatic carbocycles. The van der Waals surface area contributed by atoms with Crippen LogP contribution in [0, 0.1) is 0 Å². The zero-order chi connectivity index (χ0) is 11.4. The Balaban J connectivity index is 2.17. The van der Waals surface area contributed by atoms with Crippen molar-refractivity contribution in [1.82, 2.24) is 9.97 Å². The Morgan fingerprint density at radius 3 is 2.94 bits per heavy atom. The molecule has 0 saturated heterocycles. The summed E-state index contributed by atoms with van der Waals surface area (Å²) < 4.78 is 0. The maximum atomic E-state index is 5.72. The van der Waals surface area contributed by atoms with E-state index in [1.54, 1.807) is 18.1 Å². The van der Waals surface area contributed by atoms with Gasteiger partial charge in [0.05, 0.1) is 5.52 Å². The van der Waals surface area contributed by atoms with E-state index in [9.17, 15) is 0 Å². The molecule has 0 radical (unpaired) electrons. The van der Waals surface area contributed by atoms with Gasteiger partial charge in [0.1, 0.15) is 11.4 Å². The summed E-state index contributed by atoms with van der Waals surface area (Å²) in [7, 11) is 0. The molecule has 2 aromatic rings. The van der Waals surface area contributed by atoms with E-state index in [1.165, 1.54) is 0 Å². The van der Waals surface area contributed by atoms with Crippen LogP contribution in [0.25, 0.3) is 10.9 Å². The molecule has 0 aliphatic rings. The fourth-order valence-electron chi connectivity index (χ4n) is 1.44. The molecule has 0 fully saturated rings. The van der Waals surface area contributed by atoms with E-state index in [1.807, 2.05) is 25.1 Å². The summed E-state index contributed by atoms with van der Waals surface area (Å²) in [4.78, 5) is 8.55. The molecule has 0 aliphatic heterocycles. The number of nitrogens with zero attached hydrogens (tertiary/aromatic N) is 2. The molecule has 0 spiro atoms. The van der Waals surface area contributed by atoms with Gasteiger partial charge < -0.3 is 5.73 Å². The molecule has 0 saturated carbocycles. The van der Waals surface area contributed by atoms with Gasteiger partial charge >= 0.3 is 0 Å². The van der Waals surface area contributed by atoms with Crippen molar-refractivity contribution in [3.8, 4) is 0 Å². The second-order valence-corrected chi connectivity index (χ2v) is 4.89. The summed E-state index contributed by atoms with van der Waals surface area (Å²) in [6.07, 6.45) is 2.62. The molecule has 84 valence electrons. The normalized spacial score (nSPS) is 12.9. The van der Waals surface area contributed by atoms with Crippen molar-refractivity contribution in [2.24, 2.45) is 5.73 Å². The van der Waals surface area contributed by atoms with Crippen molar-refractivity contribution in [1.29, 1.82) is 0 Å². The van der Waals surface area contributed by atoms with Gasteiger partial charge in [-0.3, -0.25) is 0 Å². The van der Waals surface area contributed by atoms with Gasteiger partial charge in [0.2, 0.25) is 0 Å². The van der Waals surface area contributed by atoms with Crippen molar-refractivity contribution in [2.45, 2.75) is 24.4 Å². The molecule has 16 heavy (non-hydrogen) atoms. The molecular weight excluding hydrogens is 218 g/mol. The van der Waals surface area contributed by atoms with E-state index in [4.69, 9.17) is 5.73 Å². The minimum absolute atomic E-state index is 0.251. The first-order chi connectivity index (χ1) is 7.77. The van der Waals surface area contributed by atoms with Crippen molar-refractivity contribution < 1.29 is 0 Å². The minimum atomic E-state index is 0.251. The zero-order valence-corrected chi connectivity index (χ0v) is 10.1. The number of nitrogens with two attached hydrogens (primary N) is 1. The van der Waals surface area contributed by atoms with Gasteiger partial charge in [0, 0.05) is 17.2 Å². The number of rotatable bonds is 4. The SMILES string of the molecule is CC(N)CCSc1ncnc2ccccc12. The number of hydrogen-bond acceptors (Lipinski definition) is 4. The maximum absolute atomic E-state index is 5.72. The summed E-state index contributed by atoms with van der Waals surface area (Å²) in [6, 6.07) is 8.32. The van der Waals surface area contributed by atoms with Crippen molar-refractivity contribution >= 4 is 22.7 Å². The quantitative estimate of drug-likeness (QED) is 0.651. The smallest absolute Gasteiger partial charge is 0.117 e. The lowest BCUT2D eigenvalue weighted by molar-refractivity contribution is 0.721. The number of fused-ring (bicyclic) bond motifs is 1. The van der Waals surface area contributed by atoms with Crippen LogP contribution in [0.15, 0.2) is 35.6 Å². The van der Waals surface area contributed by atoms with Gasteiger partial charge in [-0.2, -0.15) is 0 Å². The highest BCUT2D eigenvalue weighted by Gasteiger charge is 2.03. The van der Waals surface area contributed by atoms with Gasteiger partial charge in [-0.25, -0.2) is 9.97 Å². The number of aromatic nitrogens is 2. The molecule has 2 N–H and O–H groups in total. The Morgan fingerprint density at radius 2 is 2.12 bits per heavy atom. The lowest BCUT2D eigenvalue weighted by Gasteiger charge is -2.06. The second kappa shape index (κ2) is 5.27. The Kier molecular flexibility index (Phi) is 3.74. The summed E-state index contributed by atoms with van der Waals surface area (Å²) in [5.74, 6) is 0.999. The van der Waals surface area contributed by atoms with E-state index in [0.29, 0.717) is 0 Å². The summed E-state index contributed by atoms with van der Waals surface area (Å²) in [5, 5.41) is 2.17. The number of para-hydroxylation sites is 1. The molecular formula is C12H15N3S. The van der Waals surface area contributed by atoms with Gasteiger partial charge in [-0.15, -0.1) is 11.8 Å². The molecule has 0 bridgehead atoms. The highest BCUT2D eigenvalue weighted by Crippen LogP contribution is 2.24. The Morgan fingerprint density at radius 1 is 1.31 bits per heavy atom. The molecule has 1 aromatic heterocycles. The Labute approximate surface area is 99.5 Å². The first-order valence-electron chi connectivity index (χ1n) is 5.35. The van der Waals surface area contributed by atoms with E-state index in [2.05, 4.69) is 16.0 Å². The third-order valence-corrected chi connectivity index (χ3v) is 3.36.